The Labute approximate surface area is 89.3 Å². The number of carbonyl (C=O) groups is 2. The quantitative estimate of drug-likeness (QED) is 0.707. The monoisotopic (exact) mass is 211 g/mol. The molecule has 1 aliphatic heterocycles. The van der Waals surface area contributed by atoms with E-state index in [1.807, 2.05) is 0 Å². The summed E-state index contributed by atoms with van der Waals surface area (Å²) in [5.74, 6) is 0.163. The molecule has 5 heteroatoms. The van der Waals surface area contributed by atoms with Crippen LogP contribution in [0.15, 0.2) is 5.10 Å². The van der Waals surface area contributed by atoms with Gasteiger partial charge in [0.2, 0.25) is 5.91 Å². The van der Waals surface area contributed by atoms with Crippen molar-refractivity contribution in [2.45, 2.75) is 33.1 Å². The van der Waals surface area contributed by atoms with Crippen LogP contribution in [0, 0.1) is 5.92 Å². The van der Waals surface area contributed by atoms with Gasteiger partial charge in [0.1, 0.15) is 5.71 Å². The van der Waals surface area contributed by atoms with Crippen molar-refractivity contribution in [3.8, 4) is 0 Å². The predicted molar refractivity (Wildman–Crippen MR) is 57.3 cm³/mol. The zero-order valence-electron chi connectivity index (χ0n) is 9.17. The highest BCUT2D eigenvalue weighted by molar-refractivity contribution is 6.39. The van der Waals surface area contributed by atoms with Crippen molar-refractivity contribution in [3.05, 3.63) is 0 Å². The van der Waals surface area contributed by atoms with Crippen LogP contribution >= 0.6 is 0 Å². The summed E-state index contributed by atoms with van der Waals surface area (Å²) in [6, 6.07) is 0. The highest BCUT2D eigenvalue weighted by atomic mass is 16.2. The van der Waals surface area contributed by atoms with Crippen molar-refractivity contribution in [1.29, 1.82) is 0 Å². The van der Waals surface area contributed by atoms with Crippen LogP contribution in [-0.2, 0) is 9.59 Å². The minimum atomic E-state index is -0.171. The molecule has 84 valence electrons. The molecule has 1 aliphatic rings. The number of nitrogens with zero attached hydrogens (tertiary/aromatic N) is 1. The largest absolute Gasteiger partial charge is 0.351 e. The average molecular weight is 211 g/mol. The second-order valence-corrected chi connectivity index (χ2v) is 3.82. The van der Waals surface area contributed by atoms with E-state index in [-0.39, 0.29) is 11.8 Å². The second-order valence-electron chi connectivity index (χ2n) is 3.82. The second kappa shape index (κ2) is 5.48. The maximum atomic E-state index is 11.5. The van der Waals surface area contributed by atoms with E-state index >= 15 is 0 Å². The number of nitrogens with one attached hydrogen (secondary N) is 2. The van der Waals surface area contributed by atoms with E-state index < -0.39 is 0 Å². The SMILES string of the molecule is CCC(C)CNC(=O)C1=NNC(=O)CC1. The van der Waals surface area contributed by atoms with Gasteiger partial charge in [-0.1, -0.05) is 20.3 Å². The molecular formula is C10H17N3O2. The van der Waals surface area contributed by atoms with Crippen LogP contribution in [0.2, 0.25) is 0 Å². The lowest BCUT2D eigenvalue weighted by Gasteiger charge is -2.13. The van der Waals surface area contributed by atoms with E-state index in [0.29, 0.717) is 31.0 Å². The maximum Gasteiger partial charge on any atom is 0.267 e. The van der Waals surface area contributed by atoms with Crippen LogP contribution in [0.3, 0.4) is 0 Å². The molecule has 0 fully saturated rings. The third kappa shape index (κ3) is 3.69. The van der Waals surface area contributed by atoms with Crippen molar-refractivity contribution >= 4 is 17.5 Å². The third-order valence-corrected chi connectivity index (χ3v) is 2.47. The molecule has 0 aromatic carbocycles. The molecule has 0 aliphatic carbocycles. The first-order valence-electron chi connectivity index (χ1n) is 5.27. The Bertz CT molecular complexity index is 286. The molecule has 2 amide bonds. The van der Waals surface area contributed by atoms with Gasteiger partial charge in [0, 0.05) is 19.4 Å². The van der Waals surface area contributed by atoms with Gasteiger partial charge in [-0.2, -0.15) is 5.10 Å². The number of hydrogen-bond donors (Lipinski definition) is 2. The zero-order valence-corrected chi connectivity index (χ0v) is 9.17. The van der Waals surface area contributed by atoms with Crippen LogP contribution in [0.5, 0.6) is 0 Å². The van der Waals surface area contributed by atoms with Crippen molar-refractivity contribution in [2.24, 2.45) is 11.0 Å². The van der Waals surface area contributed by atoms with E-state index in [1.165, 1.54) is 0 Å². The summed E-state index contributed by atoms with van der Waals surface area (Å²) in [5.41, 5.74) is 2.72. The lowest BCUT2D eigenvalue weighted by Crippen LogP contribution is -2.38. The molecule has 0 bridgehead atoms. The smallest absolute Gasteiger partial charge is 0.267 e. The number of hydrogen-bond acceptors (Lipinski definition) is 3. The fourth-order valence-corrected chi connectivity index (χ4v) is 1.15. The van der Waals surface area contributed by atoms with E-state index in [9.17, 15) is 9.59 Å². The average Bonchev–Trinajstić information content (AvgIpc) is 2.26. The summed E-state index contributed by atoms with van der Waals surface area (Å²) in [6.07, 6.45) is 1.80. The van der Waals surface area contributed by atoms with Gasteiger partial charge in [-0.05, 0) is 5.92 Å². The molecule has 1 unspecified atom stereocenters. The van der Waals surface area contributed by atoms with Gasteiger partial charge in [-0.25, -0.2) is 5.43 Å². The third-order valence-electron chi connectivity index (χ3n) is 2.47. The minimum absolute atomic E-state index is 0.131. The Kier molecular flexibility index (Phi) is 4.27. The predicted octanol–water partition coefficient (Wildman–Crippen LogP) is 0.415. The molecule has 15 heavy (non-hydrogen) atoms. The van der Waals surface area contributed by atoms with Crippen LogP contribution in [0.4, 0.5) is 0 Å². The Morgan fingerprint density at radius 3 is 2.87 bits per heavy atom. The maximum absolute atomic E-state index is 11.5. The molecule has 1 heterocycles. The lowest BCUT2D eigenvalue weighted by atomic mass is 10.1. The summed E-state index contributed by atoms with van der Waals surface area (Å²) in [7, 11) is 0. The Hall–Kier alpha value is -1.39. The Morgan fingerprint density at radius 2 is 2.33 bits per heavy atom. The summed E-state index contributed by atoms with van der Waals surface area (Å²) < 4.78 is 0. The number of hydrazone groups is 1. The fourth-order valence-electron chi connectivity index (χ4n) is 1.15. The highest BCUT2D eigenvalue weighted by Crippen LogP contribution is 2.01. The molecule has 0 aromatic rings. The molecule has 0 saturated carbocycles. The Morgan fingerprint density at radius 1 is 1.60 bits per heavy atom. The van der Waals surface area contributed by atoms with Gasteiger partial charge >= 0.3 is 0 Å². The van der Waals surface area contributed by atoms with Crippen molar-refractivity contribution in [2.75, 3.05) is 6.54 Å². The normalized spacial score (nSPS) is 17.7. The molecule has 0 radical (unpaired) electrons. The van der Waals surface area contributed by atoms with Gasteiger partial charge in [-0.3, -0.25) is 9.59 Å². The fraction of sp³-hybridized carbons (Fsp3) is 0.700. The van der Waals surface area contributed by atoms with E-state index in [1.54, 1.807) is 0 Å². The first kappa shape index (κ1) is 11.7. The summed E-state index contributed by atoms with van der Waals surface area (Å²) in [5, 5.41) is 6.52. The molecule has 5 nitrogen and oxygen atoms in total. The van der Waals surface area contributed by atoms with Gasteiger partial charge < -0.3 is 5.32 Å². The van der Waals surface area contributed by atoms with E-state index in [2.05, 4.69) is 29.7 Å². The van der Waals surface area contributed by atoms with Gasteiger partial charge in [0.05, 0.1) is 0 Å². The van der Waals surface area contributed by atoms with Crippen molar-refractivity contribution < 1.29 is 9.59 Å². The molecule has 1 rings (SSSR count). The molecular weight excluding hydrogens is 194 g/mol. The Balaban J connectivity index is 2.37. The van der Waals surface area contributed by atoms with E-state index in [0.717, 1.165) is 6.42 Å². The molecule has 0 spiro atoms. The van der Waals surface area contributed by atoms with Crippen LogP contribution in [0.25, 0.3) is 0 Å². The van der Waals surface area contributed by atoms with Crippen molar-refractivity contribution in [1.82, 2.24) is 10.7 Å². The van der Waals surface area contributed by atoms with Crippen LogP contribution in [-0.4, -0.2) is 24.1 Å². The summed E-state index contributed by atoms with van der Waals surface area (Å²) >= 11 is 0. The van der Waals surface area contributed by atoms with Crippen LogP contribution in [0.1, 0.15) is 33.1 Å². The number of carbonyl (C=O) groups excluding carboxylic acids is 2. The first-order valence-corrected chi connectivity index (χ1v) is 5.27. The minimum Gasteiger partial charge on any atom is -0.351 e. The topological polar surface area (TPSA) is 70.6 Å². The molecule has 0 aromatic heterocycles. The van der Waals surface area contributed by atoms with Crippen molar-refractivity contribution in [3.63, 3.8) is 0 Å². The molecule has 1 atom stereocenters. The zero-order chi connectivity index (χ0) is 11.3. The lowest BCUT2D eigenvalue weighted by molar-refractivity contribution is -0.121. The van der Waals surface area contributed by atoms with Gasteiger partial charge in [-0.15, -0.1) is 0 Å². The van der Waals surface area contributed by atoms with E-state index in [4.69, 9.17) is 0 Å². The van der Waals surface area contributed by atoms with Gasteiger partial charge in [0.25, 0.3) is 5.91 Å². The number of amides is 2. The van der Waals surface area contributed by atoms with Crippen LogP contribution < -0.4 is 10.7 Å². The van der Waals surface area contributed by atoms with Gasteiger partial charge in [0.15, 0.2) is 0 Å². The molecule has 2 N–H and O–H groups in total. The molecule has 0 saturated heterocycles. The summed E-state index contributed by atoms with van der Waals surface area (Å²) in [6.45, 7) is 4.81. The highest BCUT2D eigenvalue weighted by Gasteiger charge is 2.17. The standard InChI is InChI=1S/C10H17N3O2/c1-3-7(2)6-11-10(15)8-4-5-9(14)13-12-8/h7H,3-6H2,1-2H3,(H,11,15)(H,13,14). The number of rotatable bonds is 4. The summed E-state index contributed by atoms with van der Waals surface area (Å²) in [4.78, 5) is 22.3. The first-order chi connectivity index (χ1) is 7.13.